The van der Waals surface area contributed by atoms with Crippen molar-refractivity contribution >= 4 is 64.8 Å². The van der Waals surface area contributed by atoms with Crippen molar-refractivity contribution in [1.82, 2.24) is 19.5 Å². The van der Waals surface area contributed by atoms with Crippen LogP contribution in [0.3, 0.4) is 0 Å². The molecular formula is C43H26N4S. The van der Waals surface area contributed by atoms with Crippen molar-refractivity contribution in [3.63, 3.8) is 0 Å². The molecule has 3 heterocycles. The van der Waals surface area contributed by atoms with Crippen molar-refractivity contribution in [2.75, 3.05) is 0 Å². The smallest absolute Gasteiger partial charge is 0.164 e. The van der Waals surface area contributed by atoms with Crippen LogP contribution >= 0.6 is 11.3 Å². The highest BCUT2D eigenvalue weighted by Gasteiger charge is 2.21. The van der Waals surface area contributed by atoms with Crippen LogP contribution in [0.15, 0.2) is 157 Å². The summed E-state index contributed by atoms with van der Waals surface area (Å²) in [6, 6.07) is 53.2. The van der Waals surface area contributed by atoms with Crippen molar-refractivity contribution < 1.29 is 0 Å². The summed E-state index contributed by atoms with van der Waals surface area (Å²) in [6.07, 6.45) is 0. The van der Waals surface area contributed by atoms with E-state index in [1.807, 2.05) is 72.0 Å². The fourth-order valence-corrected chi connectivity index (χ4v) is 8.10. The Labute approximate surface area is 280 Å². The normalized spacial score (nSPS) is 11.8. The van der Waals surface area contributed by atoms with Crippen molar-refractivity contribution in [1.29, 1.82) is 0 Å². The molecule has 7 aromatic carbocycles. The van der Waals surface area contributed by atoms with Gasteiger partial charge in [0.1, 0.15) is 0 Å². The van der Waals surface area contributed by atoms with Crippen molar-refractivity contribution in [3.8, 4) is 39.9 Å². The molecule has 0 radical (unpaired) electrons. The lowest BCUT2D eigenvalue weighted by atomic mass is 9.99. The summed E-state index contributed by atoms with van der Waals surface area (Å²) >= 11 is 1.83. The number of hydrogen-bond acceptors (Lipinski definition) is 4. The number of benzene rings is 7. The standard InChI is InChI=1S/C43H26N4S/c1-3-12-28(13-4-1)41-44-42(29-14-5-2-6-15-29)46-43(45-41)30-19-22-31(23-20-30)47-36-24-21-27-11-7-8-16-32(27)37(36)38-39(47)34-18-10-9-17-33(34)35-25-26-48-40(35)38/h1-26H. The predicted molar refractivity (Wildman–Crippen MR) is 201 cm³/mol. The largest absolute Gasteiger partial charge is 0.309 e. The summed E-state index contributed by atoms with van der Waals surface area (Å²) in [5.41, 5.74) is 6.37. The van der Waals surface area contributed by atoms with Gasteiger partial charge in [-0.2, -0.15) is 0 Å². The molecule has 4 nitrogen and oxygen atoms in total. The third-order valence-corrected chi connectivity index (χ3v) is 10.2. The lowest BCUT2D eigenvalue weighted by Gasteiger charge is -2.12. The van der Waals surface area contributed by atoms with Crippen LogP contribution in [-0.2, 0) is 0 Å². The number of fused-ring (bicyclic) bond motifs is 10. The van der Waals surface area contributed by atoms with Gasteiger partial charge in [-0.3, -0.25) is 0 Å². The zero-order valence-electron chi connectivity index (χ0n) is 25.7. The average molecular weight is 631 g/mol. The second-order valence-electron chi connectivity index (χ2n) is 12.0. The molecule has 0 N–H and O–H groups in total. The van der Waals surface area contributed by atoms with E-state index in [4.69, 9.17) is 15.0 Å². The van der Waals surface area contributed by atoms with E-state index in [0.29, 0.717) is 17.5 Å². The van der Waals surface area contributed by atoms with Gasteiger partial charge in [0.25, 0.3) is 0 Å². The summed E-state index contributed by atoms with van der Waals surface area (Å²) in [6.45, 7) is 0. The molecule has 5 heteroatoms. The minimum atomic E-state index is 0.646. The lowest BCUT2D eigenvalue weighted by Crippen LogP contribution is -2.00. The van der Waals surface area contributed by atoms with E-state index in [2.05, 4.69) is 101 Å². The molecule has 0 unspecified atom stereocenters. The Morgan fingerprint density at radius 3 is 1.65 bits per heavy atom. The zero-order chi connectivity index (χ0) is 31.6. The van der Waals surface area contributed by atoms with Crippen LogP contribution in [0.1, 0.15) is 0 Å². The quantitative estimate of drug-likeness (QED) is 0.194. The molecule has 0 aliphatic carbocycles. The Morgan fingerprint density at radius 1 is 0.417 bits per heavy atom. The average Bonchev–Trinajstić information content (AvgIpc) is 3.80. The topological polar surface area (TPSA) is 43.6 Å². The molecule has 0 fully saturated rings. The van der Waals surface area contributed by atoms with E-state index in [9.17, 15) is 0 Å². The first-order chi connectivity index (χ1) is 23.8. The summed E-state index contributed by atoms with van der Waals surface area (Å²) in [5, 5.41) is 11.2. The molecular weight excluding hydrogens is 605 g/mol. The second-order valence-corrected chi connectivity index (χ2v) is 13.0. The molecule has 0 saturated carbocycles. The maximum absolute atomic E-state index is 4.97. The molecule has 0 spiro atoms. The SMILES string of the molecule is c1ccc(-c2nc(-c3ccccc3)nc(-c3ccc(-n4c5ccc6ccccc6c5c5c6sccc6c6ccccc6c54)cc3)n2)cc1. The zero-order valence-corrected chi connectivity index (χ0v) is 26.5. The van der Waals surface area contributed by atoms with E-state index in [0.717, 1.165) is 22.4 Å². The van der Waals surface area contributed by atoms with Gasteiger partial charge < -0.3 is 4.57 Å². The highest BCUT2D eigenvalue weighted by molar-refractivity contribution is 7.18. The van der Waals surface area contributed by atoms with Crippen LogP contribution in [0, 0.1) is 0 Å². The second kappa shape index (κ2) is 10.7. The van der Waals surface area contributed by atoms with E-state index in [1.165, 1.54) is 53.4 Å². The number of thiophene rings is 1. The van der Waals surface area contributed by atoms with Crippen LogP contribution in [0.25, 0.3) is 93.3 Å². The van der Waals surface area contributed by atoms with Crippen LogP contribution in [-0.4, -0.2) is 19.5 Å². The maximum Gasteiger partial charge on any atom is 0.164 e. The van der Waals surface area contributed by atoms with Gasteiger partial charge in [0.15, 0.2) is 17.5 Å². The summed E-state index contributed by atoms with van der Waals surface area (Å²) in [5.74, 6) is 1.96. The first kappa shape index (κ1) is 27.0. The molecule has 0 amide bonds. The van der Waals surface area contributed by atoms with E-state index < -0.39 is 0 Å². The van der Waals surface area contributed by atoms with Gasteiger partial charge >= 0.3 is 0 Å². The Bertz CT molecular complexity index is 2760. The number of hydrogen-bond donors (Lipinski definition) is 0. The van der Waals surface area contributed by atoms with Gasteiger partial charge in [0.05, 0.1) is 11.0 Å². The Morgan fingerprint density at radius 2 is 0.979 bits per heavy atom. The van der Waals surface area contributed by atoms with Crippen molar-refractivity contribution in [2.24, 2.45) is 0 Å². The van der Waals surface area contributed by atoms with E-state index >= 15 is 0 Å². The number of aromatic nitrogens is 4. The molecule has 10 rings (SSSR count). The van der Waals surface area contributed by atoms with Gasteiger partial charge in [0, 0.05) is 48.6 Å². The van der Waals surface area contributed by atoms with Gasteiger partial charge in [-0.1, -0.05) is 115 Å². The van der Waals surface area contributed by atoms with Crippen LogP contribution in [0.2, 0.25) is 0 Å². The van der Waals surface area contributed by atoms with Crippen LogP contribution < -0.4 is 0 Å². The minimum absolute atomic E-state index is 0.646. The first-order valence-electron chi connectivity index (χ1n) is 16.0. The molecule has 10 aromatic rings. The van der Waals surface area contributed by atoms with E-state index in [1.54, 1.807) is 0 Å². The molecule has 0 atom stereocenters. The third-order valence-electron chi connectivity index (χ3n) is 9.31. The summed E-state index contributed by atoms with van der Waals surface area (Å²) in [4.78, 5) is 14.8. The van der Waals surface area contributed by atoms with Crippen molar-refractivity contribution in [2.45, 2.75) is 0 Å². The lowest BCUT2D eigenvalue weighted by molar-refractivity contribution is 1.07. The Balaban J connectivity index is 1.22. The van der Waals surface area contributed by atoms with Crippen LogP contribution in [0.4, 0.5) is 0 Å². The Hall–Kier alpha value is -6.17. The molecule has 0 saturated heterocycles. The van der Waals surface area contributed by atoms with E-state index in [-0.39, 0.29) is 0 Å². The molecule has 0 aliphatic rings. The molecule has 224 valence electrons. The maximum atomic E-state index is 4.97. The molecule has 0 bridgehead atoms. The third kappa shape index (κ3) is 4.11. The van der Waals surface area contributed by atoms with Crippen LogP contribution in [0.5, 0.6) is 0 Å². The fourth-order valence-electron chi connectivity index (χ4n) is 7.14. The highest BCUT2D eigenvalue weighted by Crippen LogP contribution is 2.46. The summed E-state index contributed by atoms with van der Waals surface area (Å²) in [7, 11) is 0. The molecule has 0 aliphatic heterocycles. The van der Waals surface area contributed by atoms with Gasteiger partial charge in [-0.15, -0.1) is 11.3 Å². The number of rotatable bonds is 4. The molecule has 48 heavy (non-hydrogen) atoms. The molecule has 3 aromatic heterocycles. The predicted octanol–water partition coefficient (Wildman–Crippen LogP) is 11.5. The Kier molecular flexibility index (Phi) is 6.01. The fraction of sp³-hybridized carbons (Fsp3) is 0. The van der Waals surface area contributed by atoms with Gasteiger partial charge in [0.2, 0.25) is 0 Å². The van der Waals surface area contributed by atoms with Crippen molar-refractivity contribution in [3.05, 3.63) is 157 Å². The monoisotopic (exact) mass is 630 g/mol. The minimum Gasteiger partial charge on any atom is -0.309 e. The first-order valence-corrected chi connectivity index (χ1v) is 16.9. The van der Waals surface area contributed by atoms with Gasteiger partial charge in [-0.05, 0) is 57.9 Å². The highest BCUT2D eigenvalue weighted by atomic mass is 32.1. The summed E-state index contributed by atoms with van der Waals surface area (Å²) < 4.78 is 3.77. The number of nitrogens with zero attached hydrogens (tertiary/aromatic N) is 4. The van der Waals surface area contributed by atoms with Gasteiger partial charge in [-0.25, -0.2) is 15.0 Å².